The van der Waals surface area contributed by atoms with Gasteiger partial charge in [-0.25, -0.2) is 9.37 Å². The molecule has 2 heterocycles. The summed E-state index contributed by atoms with van der Waals surface area (Å²) < 4.78 is 21.0. The highest BCUT2D eigenvalue weighted by atomic mass is 19.1. The minimum atomic E-state index is -0.543. The number of esters is 1. The van der Waals surface area contributed by atoms with Crippen LogP contribution in [0.3, 0.4) is 0 Å². The van der Waals surface area contributed by atoms with Gasteiger partial charge in [-0.1, -0.05) is 25.0 Å². The highest BCUT2D eigenvalue weighted by molar-refractivity contribution is 6.03. The average molecular weight is 469 g/mol. The molecule has 0 spiro atoms. The predicted molar refractivity (Wildman–Crippen MR) is 130 cm³/mol. The van der Waals surface area contributed by atoms with Crippen LogP contribution in [0.2, 0.25) is 0 Å². The normalized spacial score (nSPS) is 19.9. The van der Waals surface area contributed by atoms with Gasteiger partial charge in [-0.15, -0.1) is 0 Å². The van der Waals surface area contributed by atoms with Crippen molar-refractivity contribution in [2.24, 2.45) is 5.92 Å². The van der Waals surface area contributed by atoms with E-state index in [1.54, 1.807) is 0 Å². The zero-order valence-corrected chi connectivity index (χ0v) is 20.3. The molecule has 4 rings (SSSR count). The van der Waals surface area contributed by atoms with Crippen LogP contribution in [0.5, 0.6) is 0 Å². The maximum Gasteiger partial charge on any atom is 0.306 e. The van der Waals surface area contributed by atoms with Crippen LogP contribution in [-0.2, 0) is 16.1 Å². The van der Waals surface area contributed by atoms with Crippen molar-refractivity contribution in [2.45, 2.75) is 78.0 Å². The quantitative estimate of drug-likeness (QED) is 0.504. The molecule has 1 fully saturated rings. The molecule has 34 heavy (non-hydrogen) atoms. The van der Waals surface area contributed by atoms with Crippen LogP contribution in [0, 0.1) is 18.7 Å². The maximum atomic E-state index is 15.5. The van der Waals surface area contributed by atoms with E-state index in [2.05, 4.69) is 20.9 Å². The zero-order valence-electron chi connectivity index (χ0n) is 20.3. The van der Waals surface area contributed by atoms with Gasteiger partial charge in [-0.2, -0.15) is 0 Å². The summed E-state index contributed by atoms with van der Waals surface area (Å²) in [6.45, 7) is 7.64. The monoisotopic (exact) mass is 468 g/mol. The number of halogens is 1. The van der Waals surface area contributed by atoms with Crippen LogP contribution in [0.4, 0.5) is 21.7 Å². The molecule has 182 valence electrons. The predicted octanol–water partition coefficient (Wildman–Crippen LogP) is 5.22. The molecule has 0 bridgehead atoms. The van der Waals surface area contributed by atoms with Crippen LogP contribution < -0.4 is 16.0 Å². The van der Waals surface area contributed by atoms with Gasteiger partial charge in [0.2, 0.25) is 0 Å². The van der Waals surface area contributed by atoms with Crippen molar-refractivity contribution in [1.82, 2.24) is 10.3 Å². The standard InChI is InChI=1S/C26H33FN4O3/c1-15-8-7-10-17(12-15)29-23-21-18(14-28-25(21)33)22(27)24(31-23)30-19-11-6-5-9-16(19)13-20(32)34-26(2,3)4/h7-8,10,12,16,19H,5-6,9,11,13-14H2,1-4H3,(H,28,33)(H2,29,30,31)/t16-,19-/m1/s1. The first-order valence-electron chi connectivity index (χ1n) is 11.9. The van der Waals surface area contributed by atoms with Gasteiger partial charge in [0.15, 0.2) is 11.6 Å². The van der Waals surface area contributed by atoms with Crippen LogP contribution in [0.25, 0.3) is 0 Å². The maximum absolute atomic E-state index is 15.5. The van der Waals surface area contributed by atoms with Crippen molar-refractivity contribution in [1.29, 1.82) is 0 Å². The fourth-order valence-corrected chi connectivity index (χ4v) is 4.74. The van der Waals surface area contributed by atoms with Crippen molar-refractivity contribution < 1.29 is 18.7 Å². The van der Waals surface area contributed by atoms with Crippen LogP contribution in [0.15, 0.2) is 24.3 Å². The van der Waals surface area contributed by atoms with E-state index in [1.807, 2.05) is 52.0 Å². The van der Waals surface area contributed by atoms with E-state index < -0.39 is 11.4 Å². The first-order valence-corrected chi connectivity index (χ1v) is 11.9. The Kier molecular flexibility index (Phi) is 6.77. The van der Waals surface area contributed by atoms with Gasteiger partial charge in [0, 0.05) is 23.8 Å². The van der Waals surface area contributed by atoms with E-state index >= 15 is 4.39 Å². The molecule has 0 unspecified atom stereocenters. The third-order valence-electron chi connectivity index (χ3n) is 6.25. The number of amides is 1. The van der Waals surface area contributed by atoms with Crippen LogP contribution in [0.1, 0.15) is 74.4 Å². The fraction of sp³-hybridized carbons (Fsp3) is 0.500. The lowest BCUT2D eigenvalue weighted by Gasteiger charge is -2.33. The SMILES string of the molecule is Cc1cccc(Nc2nc(N[C@@H]3CCCC[C@@H]3CC(=O)OC(C)(C)C)c(F)c3c2C(=O)NC3)c1. The summed E-state index contributed by atoms with van der Waals surface area (Å²) in [7, 11) is 0. The Labute approximate surface area is 199 Å². The number of anilines is 3. The summed E-state index contributed by atoms with van der Waals surface area (Å²) in [6, 6.07) is 7.58. The number of hydrogen-bond donors (Lipinski definition) is 3. The number of nitrogens with one attached hydrogen (secondary N) is 3. The smallest absolute Gasteiger partial charge is 0.306 e. The molecule has 8 heteroatoms. The van der Waals surface area contributed by atoms with E-state index in [-0.39, 0.29) is 48.2 Å². The van der Waals surface area contributed by atoms with E-state index in [0.29, 0.717) is 11.4 Å². The number of hydrogen-bond acceptors (Lipinski definition) is 6. The van der Waals surface area contributed by atoms with Crippen molar-refractivity contribution in [2.75, 3.05) is 10.6 Å². The van der Waals surface area contributed by atoms with Gasteiger partial charge in [0.1, 0.15) is 11.4 Å². The molecular formula is C26H33FN4O3. The molecule has 0 radical (unpaired) electrons. The summed E-state index contributed by atoms with van der Waals surface area (Å²) in [4.78, 5) is 29.4. The molecule has 1 saturated carbocycles. The number of carbonyl (C=O) groups is 2. The Balaban J connectivity index is 1.60. The summed E-state index contributed by atoms with van der Waals surface area (Å²) in [5, 5.41) is 9.18. The van der Waals surface area contributed by atoms with Crippen molar-refractivity contribution >= 4 is 29.2 Å². The Morgan fingerprint density at radius 2 is 2.00 bits per heavy atom. The molecule has 2 aliphatic rings. The molecule has 1 aromatic carbocycles. The highest BCUT2D eigenvalue weighted by Gasteiger charge is 2.33. The number of ether oxygens (including phenoxy) is 1. The fourth-order valence-electron chi connectivity index (χ4n) is 4.74. The number of nitrogens with zero attached hydrogens (tertiary/aromatic N) is 1. The highest BCUT2D eigenvalue weighted by Crippen LogP contribution is 2.35. The molecule has 1 aliphatic heterocycles. The lowest BCUT2D eigenvalue weighted by atomic mass is 9.82. The van der Waals surface area contributed by atoms with Gasteiger partial charge in [0.25, 0.3) is 5.91 Å². The zero-order chi connectivity index (χ0) is 24.5. The Hall–Kier alpha value is -3.16. The lowest BCUT2D eigenvalue weighted by molar-refractivity contribution is -0.156. The number of carbonyl (C=O) groups excluding carboxylic acids is 2. The number of benzene rings is 1. The Bertz CT molecular complexity index is 1100. The molecular weight excluding hydrogens is 435 g/mol. The largest absolute Gasteiger partial charge is 0.460 e. The van der Waals surface area contributed by atoms with E-state index in [1.165, 1.54) is 0 Å². The van der Waals surface area contributed by atoms with E-state index in [4.69, 9.17) is 4.74 Å². The first-order chi connectivity index (χ1) is 16.1. The molecule has 1 aliphatic carbocycles. The second-order valence-electron chi connectivity index (χ2n) is 10.2. The molecule has 1 amide bonds. The second-order valence-corrected chi connectivity index (χ2v) is 10.2. The molecule has 2 atom stereocenters. The molecule has 2 aromatic rings. The third kappa shape index (κ3) is 5.48. The number of fused-ring (bicyclic) bond motifs is 1. The van der Waals surface area contributed by atoms with Gasteiger partial charge in [-0.05, 0) is 64.2 Å². The third-order valence-corrected chi connectivity index (χ3v) is 6.25. The minimum Gasteiger partial charge on any atom is -0.460 e. The second kappa shape index (κ2) is 9.60. The summed E-state index contributed by atoms with van der Waals surface area (Å²) in [5.41, 5.74) is 1.82. The van der Waals surface area contributed by atoms with E-state index in [0.717, 1.165) is 36.9 Å². The lowest BCUT2D eigenvalue weighted by Crippen LogP contribution is -2.36. The molecule has 1 aromatic heterocycles. The summed E-state index contributed by atoms with van der Waals surface area (Å²) in [6.07, 6.45) is 3.95. The van der Waals surface area contributed by atoms with Crippen LogP contribution in [-0.4, -0.2) is 28.5 Å². The minimum absolute atomic E-state index is 0.0194. The van der Waals surface area contributed by atoms with Crippen LogP contribution >= 0.6 is 0 Å². The Morgan fingerprint density at radius 3 is 2.74 bits per heavy atom. The summed E-state index contributed by atoms with van der Waals surface area (Å²) in [5.74, 6) is -0.671. The first kappa shape index (κ1) is 24.0. The van der Waals surface area contributed by atoms with Crippen molar-refractivity contribution in [3.05, 3.63) is 46.8 Å². The number of aryl methyl sites for hydroxylation is 1. The average Bonchev–Trinajstić information content (AvgIpc) is 3.13. The van der Waals surface area contributed by atoms with Gasteiger partial charge in [-0.3, -0.25) is 9.59 Å². The molecule has 7 nitrogen and oxygen atoms in total. The molecule has 3 N–H and O–H groups in total. The Morgan fingerprint density at radius 1 is 1.24 bits per heavy atom. The van der Waals surface area contributed by atoms with E-state index in [9.17, 15) is 9.59 Å². The topological polar surface area (TPSA) is 92.3 Å². The van der Waals surface area contributed by atoms with Gasteiger partial charge in [0.05, 0.1) is 12.0 Å². The number of pyridine rings is 1. The van der Waals surface area contributed by atoms with Crippen molar-refractivity contribution in [3.63, 3.8) is 0 Å². The van der Waals surface area contributed by atoms with Crippen molar-refractivity contribution in [3.8, 4) is 0 Å². The van der Waals surface area contributed by atoms with Gasteiger partial charge >= 0.3 is 5.97 Å². The molecule has 0 saturated heterocycles. The number of aromatic nitrogens is 1. The van der Waals surface area contributed by atoms with Gasteiger partial charge < -0.3 is 20.7 Å². The summed E-state index contributed by atoms with van der Waals surface area (Å²) >= 11 is 0. The number of rotatable bonds is 6.